The number of anilines is 2. The highest BCUT2D eigenvalue weighted by Crippen LogP contribution is 2.31. The summed E-state index contributed by atoms with van der Waals surface area (Å²) in [6, 6.07) is 13.4. The van der Waals surface area contributed by atoms with Gasteiger partial charge in [-0.05, 0) is 42.8 Å². The standard InChI is InChI=1S/C15H10ClN3S/c1-9-2-5-14-13(6-9)19-15(20-14)18-12-4-3-10(8-17)7-11(12)16/h2-7H,1H3,(H,18,19). The predicted molar refractivity (Wildman–Crippen MR) is 83.8 cm³/mol. The fourth-order valence-electron chi connectivity index (χ4n) is 1.89. The lowest BCUT2D eigenvalue weighted by Gasteiger charge is -2.04. The van der Waals surface area contributed by atoms with Crippen LogP contribution in [0.4, 0.5) is 10.8 Å². The average molecular weight is 300 g/mol. The Kier molecular flexibility index (Phi) is 3.31. The first-order valence-corrected chi connectivity index (χ1v) is 7.19. The van der Waals surface area contributed by atoms with Crippen LogP contribution in [0, 0.1) is 18.3 Å². The largest absolute Gasteiger partial charge is 0.330 e. The normalized spacial score (nSPS) is 10.4. The van der Waals surface area contributed by atoms with Crippen LogP contribution in [0.5, 0.6) is 0 Å². The van der Waals surface area contributed by atoms with E-state index in [1.54, 1.807) is 29.5 Å². The molecule has 5 heteroatoms. The van der Waals surface area contributed by atoms with Crippen molar-refractivity contribution in [1.82, 2.24) is 4.98 Å². The summed E-state index contributed by atoms with van der Waals surface area (Å²) in [5, 5.41) is 13.3. The second-order valence-corrected chi connectivity index (χ2v) is 5.86. The van der Waals surface area contributed by atoms with Gasteiger partial charge in [-0.25, -0.2) is 4.98 Å². The van der Waals surface area contributed by atoms with E-state index < -0.39 is 0 Å². The second kappa shape index (κ2) is 5.12. The van der Waals surface area contributed by atoms with E-state index in [2.05, 4.69) is 34.6 Å². The Labute approximate surface area is 125 Å². The van der Waals surface area contributed by atoms with Gasteiger partial charge in [0.1, 0.15) is 0 Å². The van der Waals surface area contributed by atoms with E-state index in [9.17, 15) is 0 Å². The molecule has 0 saturated heterocycles. The molecule has 2 aromatic carbocycles. The second-order valence-electron chi connectivity index (χ2n) is 4.42. The number of fused-ring (bicyclic) bond motifs is 1. The van der Waals surface area contributed by atoms with E-state index in [4.69, 9.17) is 16.9 Å². The molecule has 0 aliphatic rings. The number of thiazole rings is 1. The number of hydrogen-bond donors (Lipinski definition) is 1. The fraction of sp³-hybridized carbons (Fsp3) is 0.0667. The van der Waals surface area contributed by atoms with Gasteiger partial charge >= 0.3 is 0 Å². The van der Waals surface area contributed by atoms with Crippen molar-refractivity contribution in [3.63, 3.8) is 0 Å². The minimum absolute atomic E-state index is 0.513. The zero-order valence-electron chi connectivity index (χ0n) is 10.6. The Morgan fingerprint density at radius 2 is 2.10 bits per heavy atom. The lowest BCUT2D eigenvalue weighted by Crippen LogP contribution is -1.90. The van der Waals surface area contributed by atoms with Crippen molar-refractivity contribution in [3.8, 4) is 6.07 Å². The Morgan fingerprint density at radius 3 is 2.85 bits per heavy atom. The molecule has 0 saturated carbocycles. The van der Waals surface area contributed by atoms with E-state index in [0.29, 0.717) is 10.6 Å². The topological polar surface area (TPSA) is 48.7 Å². The van der Waals surface area contributed by atoms with Gasteiger partial charge in [0.2, 0.25) is 0 Å². The fourth-order valence-corrected chi connectivity index (χ4v) is 2.98. The van der Waals surface area contributed by atoms with Gasteiger partial charge in [-0.15, -0.1) is 0 Å². The minimum atomic E-state index is 0.513. The molecule has 1 aromatic heterocycles. The molecule has 3 aromatic rings. The number of hydrogen-bond acceptors (Lipinski definition) is 4. The summed E-state index contributed by atoms with van der Waals surface area (Å²) in [5.41, 5.74) is 3.45. The highest BCUT2D eigenvalue weighted by molar-refractivity contribution is 7.22. The molecule has 0 amide bonds. The number of rotatable bonds is 2. The van der Waals surface area contributed by atoms with Gasteiger partial charge in [-0.3, -0.25) is 0 Å². The number of nitrogens with zero attached hydrogens (tertiary/aromatic N) is 2. The van der Waals surface area contributed by atoms with Crippen molar-refractivity contribution in [1.29, 1.82) is 5.26 Å². The van der Waals surface area contributed by atoms with Gasteiger partial charge in [0.25, 0.3) is 0 Å². The molecule has 0 unspecified atom stereocenters. The van der Waals surface area contributed by atoms with Crippen LogP contribution in [0.3, 0.4) is 0 Å². The molecule has 0 fully saturated rings. The molecule has 0 atom stereocenters. The zero-order valence-corrected chi connectivity index (χ0v) is 12.2. The maximum absolute atomic E-state index is 8.82. The van der Waals surface area contributed by atoms with E-state index >= 15 is 0 Å². The SMILES string of the molecule is Cc1ccc2sc(Nc3ccc(C#N)cc3Cl)nc2c1. The van der Waals surface area contributed by atoms with Crippen molar-refractivity contribution in [2.45, 2.75) is 6.92 Å². The van der Waals surface area contributed by atoms with Crippen LogP contribution < -0.4 is 5.32 Å². The number of nitrogens with one attached hydrogen (secondary N) is 1. The molecule has 3 rings (SSSR count). The Morgan fingerprint density at radius 1 is 1.25 bits per heavy atom. The third kappa shape index (κ3) is 2.46. The van der Waals surface area contributed by atoms with E-state index in [1.807, 2.05) is 6.92 Å². The third-order valence-electron chi connectivity index (χ3n) is 2.88. The highest BCUT2D eigenvalue weighted by Gasteiger charge is 2.07. The summed E-state index contributed by atoms with van der Waals surface area (Å²) in [6.07, 6.45) is 0. The van der Waals surface area contributed by atoms with E-state index in [-0.39, 0.29) is 0 Å². The molecular formula is C15H10ClN3S. The molecule has 20 heavy (non-hydrogen) atoms. The summed E-state index contributed by atoms with van der Waals surface area (Å²) in [4.78, 5) is 4.54. The van der Waals surface area contributed by atoms with Crippen LogP contribution >= 0.6 is 22.9 Å². The van der Waals surface area contributed by atoms with E-state index in [1.165, 1.54) is 5.56 Å². The van der Waals surface area contributed by atoms with Crippen molar-refractivity contribution in [2.75, 3.05) is 5.32 Å². The van der Waals surface area contributed by atoms with E-state index in [0.717, 1.165) is 21.0 Å². The maximum Gasteiger partial charge on any atom is 0.188 e. The van der Waals surface area contributed by atoms with Gasteiger partial charge in [-0.2, -0.15) is 5.26 Å². The number of halogens is 1. The number of benzene rings is 2. The first kappa shape index (κ1) is 12.9. The van der Waals surface area contributed by atoms with Gasteiger partial charge in [-0.1, -0.05) is 29.0 Å². The molecule has 0 aliphatic carbocycles. The third-order valence-corrected chi connectivity index (χ3v) is 4.15. The summed E-state index contributed by atoms with van der Waals surface area (Å²) >= 11 is 7.72. The van der Waals surface area contributed by atoms with Gasteiger partial charge in [0, 0.05) is 0 Å². The van der Waals surface area contributed by atoms with Crippen molar-refractivity contribution < 1.29 is 0 Å². The van der Waals surface area contributed by atoms with Gasteiger partial charge < -0.3 is 5.32 Å². The zero-order chi connectivity index (χ0) is 14.1. The lowest BCUT2D eigenvalue weighted by molar-refractivity contribution is 1.42. The first-order chi connectivity index (χ1) is 9.65. The Hall–Kier alpha value is -2.09. The summed E-state index contributed by atoms with van der Waals surface area (Å²) in [6.45, 7) is 2.05. The maximum atomic E-state index is 8.82. The summed E-state index contributed by atoms with van der Waals surface area (Å²) in [7, 11) is 0. The van der Waals surface area contributed by atoms with Crippen LogP contribution in [-0.4, -0.2) is 4.98 Å². The molecular weight excluding hydrogens is 290 g/mol. The monoisotopic (exact) mass is 299 g/mol. The van der Waals surface area contributed by atoms with Gasteiger partial charge in [0.15, 0.2) is 5.13 Å². The number of nitriles is 1. The smallest absolute Gasteiger partial charge is 0.188 e. The molecule has 0 spiro atoms. The van der Waals surface area contributed by atoms with Crippen LogP contribution in [0.25, 0.3) is 10.2 Å². The van der Waals surface area contributed by atoms with Crippen LogP contribution in [-0.2, 0) is 0 Å². The molecule has 98 valence electrons. The number of aromatic nitrogens is 1. The molecule has 0 bridgehead atoms. The molecule has 3 nitrogen and oxygen atoms in total. The number of aryl methyl sites for hydroxylation is 1. The Balaban J connectivity index is 1.95. The summed E-state index contributed by atoms with van der Waals surface area (Å²) in [5.74, 6) is 0. The predicted octanol–water partition coefficient (Wildman–Crippen LogP) is 4.87. The van der Waals surface area contributed by atoms with Crippen molar-refractivity contribution >= 4 is 44.0 Å². The average Bonchev–Trinajstić information content (AvgIpc) is 2.82. The quantitative estimate of drug-likeness (QED) is 0.734. The lowest BCUT2D eigenvalue weighted by atomic mass is 10.2. The molecule has 1 N–H and O–H groups in total. The minimum Gasteiger partial charge on any atom is -0.330 e. The highest BCUT2D eigenvalue weighted by atomic mass is 35.5. The van der Waals surface area contributed by atoms with Crippen LogP contribution in [0.15, 0.2) is 36.4 Å². The molecule has 1 heterocycles. The molecule has 0 radical (unpaired) electrons. The Bertz CT molecular complexity index is 833. The first-order valence-electron chi connectivity index (χ1n) is 5.99. The van der Waals surface area contributed by atoms with Crippen molar-refractivity contribution in [3.05, 3.63) is 52.5 Å². The van der Waals surface area contributed by atoms with Gasteiger partial charge in [0.05, 0.1) is 32.6 Å². The van der Waals surface area contributed by atoms with Crippen LogP contribution in [0.2, 0.25) is 5.02 Å². The van der Waals surface area contributed by atoms with Crippen LogP contribution in [0.1, 0.15) is 11.1 Å². The molecule has 0 aliphatic heterocycles. The van der Waals surface area contributed by atoms with Crippen molar-refractivity contribution in [2.24, 2.45) is 0 Å². The summed E-state index contributed by atoms with van der Waals surface area (Å²) < 4.78 is 1.13.